The van der Waals surface area contributed by atoms with E-state index in [1.807, 2.05) is 24.3 Å². The van der Waals surface area contributed by atoms with Gasteiger partial charge in [0.25, 0.3) is 0 Å². The number of anilines is 2. The molecule has 0 amide bonds. The molecule has 1 aromatic heterocycles. The molecule has 0 radical (unpaired) electrons. The Balaban J connectivity index is 1.61. The number of fused-ring (bicyclic) bond motifs is 3. The monoisotopic (exact) mass is 460 g/mol. The number of benzene rings is 3. The van der Waals surface area contributed by atoms with Crippen LogP contribution in [0.25, 0.3) is 11.3 Å². The Morgan fingerprint density at radius 3 is 2.45 bits per heavy atom. The van der Waals surface area contributed by atoms with Crippen LogP contribution in [0.3, 0.4) is 0 Å². The second-order valence-corrected chi connectivity index (χ2v) is 8.13. The Kier molecular flexibility index (Phi) is 5.60. The highest BCUT2D eigenvalue weighted by Gasteiger charge is 2.25. The van der Waals surface area contributed by atoms with Gasteiger partial charge in [-0.1, -0.05) is 42.8 Å². The highest BCUT2D eigenvalue weighted by Crippen LogP contribution is 2.34. The first-order valence-electron chi connectivity index (χ1n) is 10.5. The quantitative estimate of drug-likeness (QED) is 0.367. The van der Waals surface area contributed by atoms with Crippen molar-refractivity contribution in [2.45, 2.75) is 19.9 Å². The molecule has 4 aromatic rings. The summed E-state index contributed by atoms with van der Waals surface area (Å²) in [5.74, 6) is -0.955. The average Bonchev–Trinajstić information content (AvgIpc) is 2.96. The summed E-state index contributed by atoms with van der Waals surface area (Å²) in [4.78, 5) is 13.7. The van der Waals surface area contributed by atoms with Crippen LogP contribution in [-0.4, -0.2) is 15.7 Å². The van der Waals surface area contributed by atoms with E-state index >= 15 is 0 Å². The van der Waals surface area contributed by atoms with E-state index < -0.39 is 11.6 Å². The van der Waals surface area contributed by atoms with Crippen LogP contribution < -0.4 is 5.32 Å². The van der Waals surface area contributed by atoms with Crippen molar-refractivity contribution in [3.8, 4) is 11.3 Å². The van der Waals surface area contributed by atoms with Crippen molar-refractivity contribution in [1.29, 1.82) is 0 Å². The first kappa shape index (κ1) is 21.2. The van der Waals surface area contributed by atoms with Gasteiger partial charge in [-0.05, 0) is 48.4 Å². The van der Waals surface area contributed by atoms with Gasteiger partial charge >= 0.3 is 0 Å². The van der Waals surface area contributed by atoms with Crippen molar-refractivity contribution in [3.63, 3.8) is 0 Å². The molecule has 33 heavy (non-hydrogen) atoms. The maximum absolute atomic E-state index is 14.7. The molecular weight excluding hydrogens is 442 g/mol. The van der Waals surface area contributed by atoms with E-state index in [4.69, 9.17) is 16.6 Å². The number of aryl methyl sites for hydroxylation is 1. The maximum Gasteiger partial charge on any atom is 0.227 e. The molecule has 7 heteroatoms. The molecule has 0 bridgehead atoms. The molecule has 0 atom stereocenters. The lowest BCUT2D eigenvalue weighted by molar-refractivity contribution is 0.579. The third-order valence-corrected chi connectivity index (χ3v) is 5.82. The highest BCUT2D eigenvalue weighted by molar-refractivity contribution is 6.31. The minimum Gasteiger partial charge on any atom is -0.324 e. The lowest BCUT2D eigenvalue weighted by Crippen LogP contribution is -2.10. The Labute approximate surface area is 195 Å². The molecule has 164 valence electrons. The molecule has 1 aliphatic heterocycles. The Morgan fingerprint density at radius 1 is 0.970 bits per heavy atom. The SMILES string of the molecule is CCc1ccc(Nc2ncc3c(n2)-c2ccc(Cl)cc2C(c2c(F)cccc2F)=NC3)cc1. The smallest absolute Gasteiger partial charge is 0.227 e. The van der Waals surface area contributed by atoms with Crippen LogP contribution in [0.5, 0.6) is 0 Å². The van der Waals surface area contributed by atoms with Gasteiger partial charge in [0.2, 0.25) is 5.95 Å². The average molecular weight is 461 g/mol. The third kappa shape index (κ3) is 4.10. The number of hydrogen-bond acceptors (Lipinski definition) is 4. The van der Waals surface area contributed by atoms with Gasteiger partial charge < -0.3 is 5.32 Å². The summed E-state index contributed by atoms with van der Waals surface area (Å²) in [6.07, 6.45) is 2.65. The van der Waals surface area contributed by atoms with Gasteiger partial charge in [0.05, 0.1) is 23.5 Å². The van der Waals surface area contributed by atoms with Gasteiger partial charge in [-0.3, -0.25) is 4.99 Å². The van der Waals surface area contributed by atoms with Crippen molar-refractivity contribution in [1.82, 2.24) is 9.97 Å². The van der Waals surface area contributed by atoms with Crippen LogP contribution in [-0.2, 0) is 13.0 Å². The van der Waals surface area contributed by atoms with E-state index in [1.165, 1.54) is 23.8 Å². The summed E-state index contributed by atoms with van der Waals surface area (Å²) in [5, 5.41) is 3.66. The minimum atomic E-state index is -0.686. The Bertz CT molecular complexity index is 1360. The molecule has 0 fully saturated rings. The molecule has 0 unspecified atom stereocenters. The molecule has 0 aliphatic carbocycles. The lowest BCUT2D eigenvalue weighted by Gasteiger charge is -2.13. The number of hydrogen-bond donors (Lipinski definition) is 1. The summed E-state index contributed by atoms with van der Waals surface area (Å²) in [6.45, 7) is 2.28. The number of aliphatic imine (C=N–C) groups is 1. The zero-order valence-electron chi connectivity index (χ0n) is 17.7. The van der Waals surface area contributed by atoms with E-state index in [9.17, 15) is 8.78 Å². The molecule has 3 aromatic carbocycles. The number of aromatic nitrogens is 2. The minimum absolute atomic E-state index is 0.177. The van der Waals surface area contributed by atoms with E-state index in [0.29, 0.717) is 27.8 Å². The molecule has 2 heterocycles. The maximum atomic E-state index is 14.7. The van der Waals surface area contributed by atoms with Crippen molar-refractivity contribution in [2.24, 2.45) is 4.99 Å². The first-order valence-corrected chi connectivity index (χ1v) is 10.9. The normalized spacial score (nSPS) is 12.4. The molecule has 1 aliphatic rings. The van der Waals surface area contributed by atoms with Gasteiger partial charge in [0.15, 0.2) is 0 Å². The molecule has 4 nitrogen and oxygen atoms in total. The van der Waals surface area contributed by atoms with Gasteiger partial charge in [-0.25, -0.2) is 18.7 Å². The third-order valence-electron chi connectivity index (χ3n) is 5.58. The van der Waals surface area contributed by atoms with Crippen LogP contribution >= 0.6 is 11.6 Å². The van der Waals surface area contributed by atoms with E-state index in [1.54, 1.807) is 24.4 Å². The second kappa shape index (κ2) is 8.71. The Hall–Kier alpha value is -3.64. The fraction of sp³-hybridized carbons (Fsp3) is 0.115. The van der Waals surface area contributed by atoms with Crippen molar-refractivity contribution >= 4 is 28.9 Å². The number of nitrogens with one attached hydrogen (secondary N) is 1. The van der Waals surface area contributed by atoms with Crippen LogP contribution in [0, 0.1) is 11.6 Å². The summed E-state index contributed by atoms with van der Waals surface area (Å²) < 4.78 is 29.3. The number of nitrogens with zero attached hydrogens (tertiary/aromatic N) is 3. The second-order valence-electron chi connectivity index (χ2n) is 7.69. The molecule has 0 saturated heterocycles. The predicted molar refractivity (Wildman–Crippen MR) is 127 cm³/mol. The highest BCUT2D eigenvalue weighted by atomic mass is 35.5. The zero-order chi connectivity index (χ0) is 22.9. The van der Waals surface area contributed by atoms with Crippen LogP contribution in [0.1, 0.15) is 29.2 Å². The molecular formula is C26H19ClF2N4. The fourth-order valence-corrected chi connectivity index (χ4v) is 4.05. The van der Waals surface area contributed by atoms with Gasteiger partial charge in [0, 0.05) is 33.6 Å². The van der Waals surface area contributed by atoms with E-state index in [0.717, 1.165) is 17.7 Å². The van der Waals surface area contributed by atoms with Crippen molar-refractivity contribution in [2.75, 3.05) is 5.32 Å². The van der Waals surface area contributed by atoms with Crippen LogP contribution in [0.4, 0.5) is 20.4 Å². The standard InChI is InChI=1S/C26H19ClF2N4/c1-2-15-6-9-18(10-7-15)32-26-31-14-16-13-30-25(23-21(28)4-3-5-22(23)29)20-12-17(27)8-11-19(20)24(16)33-26/h3-12,14H,2,13H2,1H3,(H,31,32,33). The van der Waals surface area contributed by atoms with Gasteiger partial charge in [0.1, 0.15) is 11.6 Å². The lowest BCUT2D eigenvalue weighted by atomic mass is 9.95. The van der Waals surface area contributed by atoms with Gasteiger partial charge in [-0.2, -0.15) is 0 Å². The summed E-state index contributed by atoms with van der Waals surface area (Å²) >= 11 is 6.27. The van der Waals surface area contributed by atoms with Crippen molar-refractivity contribution in [3.05, 3.63) is 106 Å². The van der Waals surface area contributed by atoms with E-state index in [2.05, 4.69) is 22.2 Å². The number of halogens is 3. The summed E-state index contributed by atoms with van der Waals surface area (Å²) in [5.41, 5.74) is 4.70. The predicted octanol–water partition coefficient (Wildman–Crippen LogP) is 6.73. The first-order chi connectivity index (χ1) is 16.0. The van der Waals surface area contributed by atoms with E-state index in [-0.39, 0.29) is 17.8 Å². The topological polar surface area (TPSA) is 50.2 Å². The molecule has 0 saturated carbocycles. The molecule has 0 spiro atoms. The van der Waals surface area contributed by atoms with Gasteiger partial charge in [-0.15, -0.1) is 0 Å². The summed E-state index contributed by atoms with van der Waals surface area (Å²) in [7, 11) is 0. The van der Waals surface area contributed by atoms with Crippen LogP contribution in [0.2, 0.25) is 5.02 Å². The fourth-order valence-electron chi connectivity index (χ4n) is 3.87. The molecule has 1 N–H and O–H groups in total. The van der Waals surface area contributed by atoms with Crippen LogP contribution in [0.15, 0.2) is 71.9 Å². The Morgan fingerprint density at radius 2 is 1.73 bits per heavy atom. The number of rotatable bonds is 4. The largest absolute Gasteiger partial charge is 0.324 e. The van der Waals surface area contributed by atoms with Crippen molar-refractivity contribution < 1.29 is 8.78 Å². The zero-order valence-corrected chi connectivity index (χ0v) is 18.5. The molecule has 5 rings (SSSR count). The summed E-state index contributed by atoms with van der Waals surface area (Å²) in [6, 6.07) is 17.0.